The molecule has 1 fully saturated rings. The van der Waals surface area contributed by atoms with Gasteiger partial charge in [-0.2, -0.15) is 4.98 Å². The maximum Gasteiger partial charge on any atom is 0.338 e. The molecule has 1 atom stereocenters. The van der Waals surface area contributed by atoms with Crippen molar-refractivity contribution in [3.05, 3.63) is 45.7 Å². The average molecular weight is 425 g/mol. The third-order valence-corrected chi connectivity index (χ3v) is 5.32. The lowest BCUT2D eigenvalue weighted by Crippen LogP contribution is -2.37. The Morgan fingerprint density at radius 3 is 2.58 bits per heavy atom. The van der Waals surface area contributed by atoms with E-state index in [0.717, 1.165) is 25.9 Å². The monoisotopic (exact) mass is 425 g/mol. The Balaban J connectivity index is 1.56. The molecule has 1 aromatic heterocycles. The zero-order chi connectivity index (χ0) is 22.0. The number of carbonyl (C=O) groups is 3. The van der Waals surface area contributed by atoms with Crippen LogP contribution in [0.2, 0.25) is 0 Å². The van der Waals surface area contributed by atoms with Crippen LogP contribution in [0.4, 0.5) is 17.5 Å². The number of nitrogens with zero attached hydrogens (tertiary/aromatic N) is 2. The minimum atomic E-state index is -0.975. The van der Waals surface area contributed by atoms with E-state index >= 15 is 0 Å². The fraction of sp³-hybridized carbons (Fsp3) is 0.381. The highest BCUT2D eigenvalue weighted by Crippen LogP contribution is 2.30. The van der Waals surface area contributed by atoms with Gasteiger partial charge in [0.25, 0.3) is 5.56 Å². The molecule has 0 radical (unpaired) electrons. The second kappa shape index (κ2) is 8.58. The summed E-state index contributed by atoms with van der Waals surface area (Å²) in [6, 6.07) is 6.19. The van der Waals surface area contributed by atoms with Crippen molar-refractivity contribution >= 4 is 35.2 Å². The molecule has 2 aliphatic heterocycles. The first-order valence-electron chi connectivity index (χ1n) is 10.2. The van der Waals surface area contributed by atoms with Crippen LogP contribution in [0.25, 0.3) is 0 Å². The summed E-state index contributed by atoms with van der Waals surface area (Å²) in [5.41, 5.74) is 0.494. The van der Waals surface area contributed by atoms with E-state index in [2.05, 4.69) is 20.6 Å². The zero-order valence-electron chi connectivity index (χ0n) is 17.1. The number of hydrogen-bond donors (Lipinski definition) is 3. The molecule has 3 N–H and O–H groups in total. The largest absolute Gasteiger partial charge is 0.462 e. The number of fused-ring (bicyclic) bond motifs is 1. The van der Waals surface area contributed by atoms with Gasteiger partial charge < -0.3 is 20.3 Å². The predicted octanol–water partition coefficient (Wildman–Crippen LogP) is 1.61. The van der Waals surface area contributed by atoms with Gasteiger partial charge in [0.05, 0.1) is 23.7 Å². The zero-order valence-corrected chi connectivity index (χ0v) is 17.1. The van der Waals surface area contributed by atoms with Crippen LogP contribution in [0.1, 0.15) is 48.0 Å². The highest BCUT2D eigenvalue weighted by molar-refractivity contribution is 6.04. The number of nitrogens with one attached hydrogen (secondary N) is 3. The van der Waals surface area contributed by atoms with Crippen LogP contribution < -0.4 is 21.1 Å². The number of carbonyl (C=O) groups excluding carboxylic acids is 3. The van der Waals surface area contributed by atoms with Crippen LogP contribution in [-0.2, 0) is 14.3 Å². The molecule has 10 heteroatoms. The van der Waals surface area contributed by atoms with Crippen LogP contribution in [0.3, 0.4) is 0 Å². The number of aromatic nitrogens is 2. The van der Waals surface area contributed by atoms with E-state index < -0.39 is 23.4 Å². The van der Waals surface area contributed by atoms with Gasteiger partial charge in [0.15, 0.2) is 0 Å². The van der Waals surface area contributed by atoms with Crippen LogP contribution in [0.5, 0.6) is 0 Å². The van der Waals surface area contributed by atoms with Crippen molar-refractivity contribution in [1.82, 2.24) is 9.97 Å². The molecule has 1 aromatic carbocycles. The van der Waals surface area contributed by atoms with Gasteiger partial charge in [-0.25, -0.2) is 4.79 Å². The van der Waals surface area contributed by atoms with Gasteiger partial charge in [0, 0.05) is 25.2 Å². The number of amides is 2. The van der Waals surface area contributed by atoms with Crippen LogP contribution in [0, 0.1) is 0 Å². The quantitative estimate of drug-likeness (QED) is 0.620. The minimum Gasteiger partial charge on any atom is -0.462 e. The Bertz CT molecular complexity index is 1070. The third-order valence-electron chi connectivity index (χ3n) is 5.32. The van der Waals surface area contributed by atoms with Crippen molar-refractivity contribution in [2.24, 2.45) is 0 Å². The second-order valence-electron chi connectivity index (χ2n) is 7.44. The summed E-state index contributed by atoms with van der Waals surface area (Å²) in [4.78, 5) is 58.8. The van der Waals surface area contributed by atoms with Crippen molar-refractivity contribution < 1.29 is 19.1 Å². The lowest BCUT2D eigenvalue weighted by atomic mass is 9.92. The van der Waals surface area contributed by atoms with Crippen LogP contribution in [-0.4, -0.2) is 47.4 Å². The number of rotatable bonds is 5. The van der Waals surface area contributed by atoms with E-state index in [-0.39, 0.29) is 30.3 Å². The SMILES string of the molecule is CCOC(=O)c1ccc(NC(=O)[C@H]2CC(=O)Nc3nc(N4CCCC4)[nH]c(=O)c32)cc1. The fourth-order valence-corrected chi connectivity index (χ4v) is 3.80. The molecule has 3 heterocycles. The topological polar surface area (TPSA) is 133 Å². The molecule has 162 valence electrons. The molecule has 4 rings (SSSR count). The van der Waals surface area contributed by atoms with E-state index in [0.29, 0.717) is 17.2 Å². The lowest BCUT2D eigenvalue weighted by Gasteiger charge is -2.25. The first-order chi connectivity index (χ1) is 15.0. The smallest absolute Gasteiger partial charge is 0.338 e. The first-order valence-corrected chi connectivity index (χ1v) is 10.2. The number of esters is 1. The molecule has 2 amide bonds. The van der Waals surface area contributed by atoms with Gasteiger partial charge in [-0.3, -0.25) is 19.4 Å². The summed E-state index contributed by atoms with van der Waals surface area (Å²) in [7, 11) is 0. The van der Waals surface area contributed by atoms with Crippen LogP contribution in [0.15, 0.2) is 29.1 Å². The number of hydrogen-bond acceptors (Lipinski definition) is 7. The highest BCUT2D eigenvalue weighted by Gasteiger charge is 2.35. The van der Waals surface area contributed by atoms with Gasteiger partial charge in [-0.15, -0.1) is 0 Å². The van der Waals surface area contributed by atoms with E-state index in [9.17, 15) is 19.2 Å². The van der Waals surface area contributed by atoms with E-state index in [4.69, 9.17) is 4.74 Å². The standard InChI is InChI=1S/C21H23N5O5/c1-2-31-20(30)12-5-7-13(8-6-12)22-18(28)14-11-15(27)23-17-16(14)19(29)25-21(24-17)26-9-3-4-10-26/h5-8,14H,2-4,9-11H2,1H3,(H,22,28)(H2,23,24,25,27,29)/t14-/m0/s1. The molecule has 0 aliphatic carbocycles. The Morgan fingerprint density at radius 2 is 1.90 bits per heavy atom. The van der Waals surface area contributed by atoms with E-state index in [1.165, 1.54) is 12.1 Å². The second-order valence-corrected chi connectivity index (χ2v) is 7.44. The Kier molecular flexibility index (Phi) is 5.70. The molecule has 1 saturated heterocycles. The summed E-state index contributed by atoms with van der Waals surface area (Å²) in [6.45, 7) is 3.54. The Labute approximate surface area is 178 Å². The van der Waals surface area contributed by atoms with Gasteiger partial charge in [0.1, 0.15) is 5.82 Å². The Morgan fingerprint density at radius 1 is 1.19 bits per heavy atom. The maximum atomic E-state index is 12.9. The molecule has 2 aromatic rings. The molecular weight excluding hydrogens is 402 g/mol. The molecule has 0 saturated carbocycles. The van der Waals surface area contributed by atoms with E-state index in [1.54, 1.807) is 19.1 Å². The predicted molar refractivity (Wildman–Crippen MR) is 113 cm³/mol. The Hall–Kier alpha value is -3.69. The fourth-order valence-electron chi connectivity index (χ4n) is 3.80. The number of ether oxygens (including phenoxy) is 1. The molecular formula is C21H23N5O5. The lowest BCUT2D eigenvalue weighted by molar-refractivity contribution is -0.123. The molecule has 0 bridgehead atoms. The normalized spacial score (nSPS) is 17.6. The van der Waals surface area contributed by atoms with Crippen molar-refractivity contribution in [3.8, 4) is 0 Å². The van der Waals surface area contributed by atoms with E-state index in [1.807, 2.05) is 4.90 Å². The van der Waals surface area contributed by atoms with Crippen molar-refractivity contribution in [3.63, 3.8) is 0 Å². The summed E-state index contributed by atoms with van der Waals surface area (Å²) in [6.07, 6.45) is 1.86. The molecule has 0 spiro atoms. The summed E-state index contributed by atoms with van der Waals surface area (Å²) in [5, 5.41) is 5.32. The van der Waals surface area contributed by atoms with Crippen molar-refractivity contribution in [1.29, 1.82) is 0 Å². The summed E-state index contributed by atoms with van der Waals surface area (Å²) < 4.78 is 4.94. The average Bonchev–Trinajstić information content (AvgIpc) is 3.28. The maximum absolute atomic E-state index is 12.9. The highest BCUT2D eigenvalue weighted by atomic mass is 16.5. The van der Waals surface area contributed by atoms with Gasteiger partial charge in [0.2, 0.25) is 17.8 Å². The number of anilines is 3. The van der Waals surface area contributed by atoms with Gasteiger partial charge in [-0.1, -0.05) is 0 Å². The molecule has 31 heavy (non-hydrogen) atoms. The molecule has 0 unspecified atom stereocenters. The molecule has 2 aliphatic rings. The number of benzene rings is 1. The number of H-pyrrole nitrogens is 1. The van der Waals surface area contributed by atoms with Crippen molar-refractivity contribution in [2.75, 3.05) is 35.2 Å². The third kappa shape index (κ3) is 4.27. The summed E-state index contributed by atoms with van der Waals surface area (Å²) >= 11 is 0. The minimum absolute atomic E-state index is 0.125. The first kappa shape index (κ1) is 20.6. The van der Waals surface area contributed by atoms with Crippen molar-refractivity contribution in [2.45, 2.75) is 32.1 Å². The van der Waals surface area contributed by atoms with Gasteiger partial charge >= 0.3 is 5.97 Å². The van der Waals surface area contributed by atoms with Crippen LogP contribution >= 0.6 is 0 Å². The number of aromatic amines is 1. The molecule has 10 nitrogen and oxygen atoms in total. The summed E-state index contributed by atoms with van der Waals surface area (Å²) in [5.74, 6) is -1.78. The van der Waals surface area contributed by atoms with Gasteiger partial charge in [-0.05, 0) is 44.0 Å².